The number of carbonyl (C=O) groups excluding carboxylic acids is 6. The third-order valence-electron chi connectivity index (χ3n) is 12.2. The Balaban J connectivity index is 0.796. The zero-order valence-electron chi connectivity index (χ0n) is 38.1. The number of rotatable bonds is 23. The molecule has 0 saturated carbocycles. The highest BCUT2D eigenvalue weighted by Crippen LogP contribution is 2.39. The lowest BCUT2D eigenvalue weighted by Crippen LogP contribution is -2.52. The van der Waals surface area contributed by atoms with Crippen LogP contribution < -0.4 is 30.2 Å². The first-order chi connectivity index (χ1) is 32.3. The topological polar surface area (TPSA) is 207 Å². The summed E-state index contributed by atoms with van der Waals surface area (Å²) in [7, 11) is -2.20. The molecule has 3 heterocycles. The lowest BCUT2D eigenvalue weighted by Gasteiger charge is -2.29. The number of methoxy groups -OCH3 is 1. The average molecular weight is 936 g/mol. The van der Waals surface area contributed by atoms with E-state index in [1.807, 2.05) is 18.2 Å². The summed E-state index contributed by atoms with van der Waals surface area (Å²) in [6.07, 6.45) is 7.36. The van der Waals surface area contributed by atoms with E-state index in [9.17, 15) is 37.2 Å². The van der Waals surface area contributed by atoms with Gasteiger partial charge in [-0.1, -0.05) is 68.1 Å². The molecular weight excluding hydrogens is 879 g/mol. The van der Waals surface area contributed by atoms with Gasteiger partial charge < -0.3 is 29.7 Å². The number of piperidine rings is 1. The molecule has 3 aliphatic heterocycles. The molecule has 354 valence electrons. The maximum Gasteiger partial charge on any atom is 0.264 e. The largest absolute Gasteiger partial charge is 0.493 e. The van der Waals surface area contributed by atoms with Gasteiger partial charge in [-0.15, -0.1) is 0 Å². The summed E-state index contributed by atoms with van der Waals surface area (Å²) in [5, 5.41) is 8.65. The van der Waals surface area contributed by atoms with Crippen molar-refractivity contribution in [3.8, 4) is 17.2 Å². The van der Waals surface area contributed by atoms with Crippen molar-refractivity contribution in [3.05, 3.63) is 118 Å². The van der Waals surface area contributed by atoms with E-state index in [-0.39, 0.29) is 53.9 Å². The number of ether oxygens (including phenoxy) is 3. The van der Waals surface area contributed by atoms with Gasteiger partial charge in [-0.25, -0.2) is 8.42 Å². The summed E-state index contributed by atoms with van der Waals surface area (Å²) in [6, 6.07) is 21.1. The normalized spacial score (nSPS) is 16.2. The van der Waals surface area contributed by atoms with Crippen LogP contribution in [0.15, 0.2) is 78.9 Å². The second-order valence-electron chi connectivity index (χ2n) is 17.0. The molecule has 4 aromatic rings. The van der Waals surface area contributed by atoms with Crippen LogP contribution in [0.5, 0.6) is 17.2 Å². The Bertz CT molecular complexity index is 2630. The number of sulfone groups is 1. The third-order valence-corrected chi connectivity index (χ3v) is 13.1. The van der Waals surface area contributed by atoms with E-state index in [4.69, 9.17) is 14.2 Å². The molecule has 3 aliphatic rings. The van der Waals surface area contributed by atoms with E-state index in [0.717, 1.165) is 73.0 Å². The zero-order valence-corrected chi connectivity index (χ0v) is 38.9. The highest BCUT2D eigenvalue weighted by atomic mass is 32.2. The van der Waals surface area contributed by atoms with Crippen molar-refractivity contribution in [2.75, 3.05) is 37.6 Å². The van der Waals surface area contributed by atoms with Crippen LogP contribution >= 0.6 is 0 Å². The second-order valence-corrected chi connectivity index (χ2v) is 19.2. The van der Waals surface area contributed by atoms with Crippen molar-refractivity contribution in [3.63, 3.8) is 0 Å². The number of imide groups is 2. The molecule has 7 rings (SSSR count). The molecule has 4 aromatic carbocycles. The number of carbonyl (C=O) groups is 6. The molecule has 0 bridgehead atoms. The van der Waals surface area contributed by atoms with Crippen LogP contribution in [0.25, 0.3) is 0 Å². The van der Waals surface area contributed by atoms with E-state index in [1.54, 1.807) is 49.4 Å². The Kier molecular flexibility index (Phi) is 15.7. The Morgan fingerprint density at radius 3 is 2.25 bits per heavy atom. The van der Waals surface area contributed by atoms with Crippen LogP contribution in [0.3, 0.4) is 0 Å². The minimum Gasteiger partial charge on any atom is -0.493 e. The zero-order chi connectivity index (χ0) is 47.7. The Morgan fingerprint density at radius 2 is 1.52 bits per heavy atom. The molecule has 6 amide bonds. The fraction of sp³-hybridized carbons (Fsp3) is 0.400. The van der Waals surface area contributed by atoms with Crippen molar-refractivity contribution in [1.29, 1.82) is 0 Å². The van der Waals surface area contributed by atoms with Gasteiger partial charge in [0.2, 0.25) is 17.7 Å². The van der Waals surface area contributed by atoms with Gasteiger partial charge in [0.1, 0.15) is 28.2 Å². The quantitative estimate of drug-likeness (QED) is 0.0556. The third kappa shape index (κ3) is 11.7. The summed E-state index contributed by atoms with van der Waals surface area (Å²) in [5.41, 5.74) is 4.08. The van der Waals surface area contributed by atoms with Crippen LogP contribution in [-0.4, -0.2) is 92.0 Å². The highest BCUT2D eigenvalue weighted by Gasteiger charge is 2.44. The molecule has 0 radical (unpaired) electrons. The van der Waals surface area contributed by atoms with Gasteiger partial charge in [0.15, 0.2) is 11.5 Å². The van der Waals surface area contributed by atoms with Crippen molar-refractivity contribution < 1.29 is 51.4 Å². The molecule has 67 heavy (non-hydrogen) atoms. The number of amides is 6. The number of nitrogens with one attached hydrogen (secondary N) is 3. The van der Waals surface area contributed by atoms with Crippen LogP contribution in [0.4, 0.5) is 5.69 Å². The van der Waals surface area contributed by atoms with Crippen molar-refractivity contribution in [2.45, 2.75) is 96.5 Å². The van der Waals surface area contributed by atoms with E-state index in [2.05, 4.69) is 28.1 Å². The summed E-state index contributed by atoms with van der Waals surface area (Å²) in [4.78, 5) is 80.5. The number of fused-ring (bicyclic) bond motifs is 2. The molecule has 16 nitrogen and oxygen atoms in total. The predicted molar refractivity (Wildman–Crippen MR) is 249 cm³/mol. The van der Waals surface area contributed by atoms with Gasteiger partial charge in [-0.3, -0.25) is 39.0 Å². The molecule has 17 heteroatoms. The molecule has 1 saturated heterocycles. The molecule has 0 aromatic heterocycles. The number of unbranched alkanes of at least 4 members (excludes halogenated alkanes) is 5. The van der Waals surface area contributed by atoms with Crippen LogP contribution in [0, 0.1) is 0 Å². The van der Waals surface area contributed by atoms with Gasteiger partial charge in [0, 0.05) is 36.8 Å². The molecular formula is C50H57N5O11S. The first-order valence-electron chi connectivity index (χ1n) is 22.7. The minimum absolute atomic E-state index is 0.0315. The second kappa shape index (κ2) is 21.8. The number of hydrogen-bond donors (Lipinski definition) is 3. The highest BCUT2D eigenvalue weighted by molar-refractivity contribution is 7.90. The first-order valence-corrected chi connectivity index (χ1v) is 24.8. The van der Waals surface area contributed by atoms with Gasteiger partial charge in [0.05, 0.1) is 48.9 Å². The lowest BCUT2D eigenvalue weighted by molar-refractivity contribution is -0.137. The van der Waals surface area contributed by atoms with E-state index >= 15 is 0 Å². The number of benzene rings is 4. The van der Waals surface area contributed by atoms with E-state index in [1.165, 1.54) is 18.1 Å². The Hall–Kier alpha value is -6.59. The summed E-state index contributed by atoms with van der Waals surface area (Å²) in [5.74, 6) is -1.77. The summed E-state index contributed by atoms with van der Waals surface area (Å²) >= 11 is 0. The average Bonchev–Trinajstić information content (AvgIpc) is 3.77. The molecule has 3 N–H and O–H groups in total. The first kappa shape index (κ1) is 48.3. The number of nitrogens with zero attached hydrogens (tertiary/aromatic N) is 2. The van der Waals surface area contributed by atoms with E-state index < -0.39 is 45.4 Å². The summed E-state index contributed by atoms with van der Waals surface area (Å²) in [6.45, 7) is 4.26. The lowest BCUT2D eigenvalue weighted by atomic mass is 10.0. The maximum atomic E-state index is 14.0. The molecule has 1 fully saturated rings. The predicted octanol–water partition coefficient (Wildman–Crippen LogP) is 6.27. The van der Waals surface area contributed by atoms with Crippen molar-refractivity contribution in [2.24, 2.45) is 0 Å². The van der Waals surface area contributed by atoms with E-state index in [0.29, 0.717) is 54.4 Å². The summed E-state index contributed by atoms with van der Waals surface area (Å²) < 4.78 is 42.4. The van der Waals surface area contributed by atoms with Crippen LogP contribution in [-0.2, 0) is 43.9 Å². The van der Waals surface area contributed by atoms with Gasteiger partial charge in [-0.2, -0.15) is 0 Å². The van der Waals surface area contributed by atoms with Crippen molar-refractivity contribution in [1.82, 2.24) is 20.4 Å². The molecule has 0 spiro atoms. The number of hydrogen-bond acceptors (Lipinski definition) is 12. The Labute approximate surface area is 390 Å². The molecule has 2 unspecified atom stereocenters. The monoisotopic (exact) mass is 935 g/mol. The standard InChI is InChI=1S/C50H57N5O11S/c1-4-65-43-27-34(22-24-42(43)64-2)40(31-67(3,62)63)55-49(60)36-14-11-15-38(46(36)50(55)61)52-44(56)17-9-7-5-6-8-10-26-51-28-32-18-20-33(21-19-32)30-66-41-16-12-13-35-37(41)29-54(48(35)59)39-23-25-45(57)53-47(39)58/h11-16,18-22,24,27,39-40,51H,4-10,17,23,25-26,28-31H2,1-3H3,(H,52,56)(H,53,57,58). The molecule has 2 atom stereocenters. The van der Waals surface area contributed by atoms with Crippen LogP contribution in [0.1, 0.15) is 124 Å². The fourth-order valence-corrected chi connectivity index (χ4v) is 9.68. The van der Waals surface area contributed by atoms with Crippen molar-refractivity contribution >= 4 is 51.0 Å². The van der Waals surface area contributed by atoms with Gasteiger partial charge in [-0.05, 0) is 85.8 Å². The molecule has 0 aliphatic carbocycles. The smallest absolute Gasteiger partial charge is 0.264 e. The Morgan fingerprint density at radius 1 is 0.806 bits per heavy atom. The maximum absolute atomic E-state index is 14.0. The van der Waals surface area contributed by atoms with Crippen LogP contribution in [0.2, 0.25) is 0 Å². The van der Waals surface area contributed by atoms with Gasteiger partial charge >= 0.3 is 0 Å². The number of anilines is 1. The SMILES string of the molecule is CCOc1cc(C(CS(C)(=O)=O)N2C(=O)c3cccc(NC(=O)CCCCCCCCNCc4ccc(COc5cccc6c5CN(C5CCC(=O)NC5=O)C6=O)cc4)c3C2=O)ccc1OC. The minimum atomic E-state index is -3.68. The fourth-order valence-electron chi connectivity index (χ4n) is 8.76. The van der Waals surface area contributed by atoms with Gasteiger partial charge in [0.25, 0.3) is 17.7 Å².